The molecule has 0 bridgehead atoms. The smallest absolute Gasteiger partial charge is 0.0546 e. The van der Waals surface area contributed by atoms with Crippen LogP contribution < -0.4 is 4.90 Å². The largest absolute Gasteiger partial charge is 0.310 e. The maximum atomic E-state index is 2.43. The van der Waals surface area contributed by atoms with E-state index in [2.05, 4.69) is 170 Å². The molecule has 45 heavy (non-hydrogen) atoms. The third-order valence-corrected chi connectivity index (χ3v) is 9.51. The van der Waals surface area contributed by atoms with Crippen molar-refractivity contribution in [3.8, 4) is 11.1 Å². The van der Waals surface area contributed by atoms with Gasteiger partial charge >= 0.3 is 0 Å². The zero-order valence-corrected chi connectivity index (χ0v) is 25.4. The first-order valence-electron chi connectivity index (χ1n) is 15.7. The van der Waals surface area contributed by atoms with Crippen LogP contribution in [0.25, 0.3) is 65.0 Å². The molecule has 0 saturated carbocycles. The van der Waals surface area contributed by atoms with Gasteiger partial charge in [-0.1, -0.05) is 126 Å². The molecular formula is C44H31N. The fourth-order valence-corrected chi connectivity index (χ4v) is 7.31. The maximum Gasteiger partial charge on any atom is 0.0546 e. The molecule has 0 aromatic heterocycles. The minimum absolute atomic E-state index is 1.15. The van der Waals surface area contributed by atoms with Gasteiger partial charge in [-0.2, -0.15) is 0 Å². The van der Waals surface area contributed by atoms with Crippen LogP contribution in [0.15, 0.2) is 152 Å². The minimum Gasteiger partial charge on any atom is -0.310 e. The first-order valence-corrected chi connectivity index (χ1v) is 15.7. The summed E-state index contributed by atoms with van der Waals surface area (Å²) >= 11 is 0. The molecule has 1 nitrogen and oxygen atoms in total. The number of benzene rings is 9. The maximum absolute atomic E-state index is 2.43. The van der Waals surface area contributed by atoms with Crippen molar-refractivity contribution in [3.63, 3.8) is 0 Å². The highest BCUT2D eigenvalue weighted by atomic mass is 15.1. The highest BCUT2D eigenvalue weighted by molar-refractivity contribution is 6.36. The first-order chi connectivity index (χ1) is 22.1. The second kappa shape index (κ2) is 9.94. The summed E-state index contributed by atoms with van der Waals surface area (Å²) in [5, 5.41) is 12.9. The van der Waals surface area contributed by atoms with Gasteiger partial charge in [0.25, 0.3) is 0 Å². The Morgan fingerprint density at radius 3 is 1.71 bits per heavy atom. The highest BCUT2D eigenvalue weighted by Gasteiger charge is 2.22. The molecule has 0 N–H and O–H groups in total. The van der Waals surface area contributed by atoms with E-state index < -0.39 is 0 Å². The first kappa shape index (κ1) is 25.8. The quantitative estimate of drug-likeness (QED) is 0.149. The highest BCUT2D eigenvalue weighted by Crippen LogP contribution is 2.48. The molecule has 0 saturated heterocycles. The Morgan fingerprint density at radius 2 is 0.978 bits per heavy atom. The summed E-state index contributed by atoms with van der Waals surface area (Å²) in [6, 6.07) is 56.2. The van der Waals surface area contributed by atoms with Gasteiger partial charge in [0.2, 0.25) is 0 Å². The summed E-state index contributed by atoms with van der Waals surface area (Å²) in [6.07, 6.45) is 0. The SMILES string of the molecule is Cc1ccc(N(c2ccc(C)cc2)c2ccc3cccc4c5cccc6c(-c7ccc8ccccc8c7)ccc(c2c34)c65)cc1. The van der Waals surface area contributed by atoms with E-state index in [9.17, 15) is 0 Å². The Balaban J connectivity index is 1.41. The zero-order valence-electron chi connectivity index (χ0n) is 25.4. The topological polar surface area (TPSA) is 3.24 Å². The molecule has 0 spiro atoms. The second-order valence-electron chi connectivity index (χ2n) is 12.3. The van der Waals surface area contributed by atoms with Crippen molar-refractivity contribution < 1.29 is 0 Å². The van der Waals surface area contributed by atoms with Gasteiger partial charge < -0.3 is 4.90 Å². The van der Waals surface area contributed by atoms with E-state index >= 15 is 0 Å². The van der Waals surface area contributed by atoms with Crippen molar-refractivity contribution in [2.24, 2.45) is 0 Å². The number of rotatable bonds is 4. The van der Waals surface area contributed by atoms with Crippen molar-refractivity contribution in [1.29, 1.82) is 0 Å². The summed E-state index contributed by atoms with van der Waals surface area (Å²) < 4.78 is 0. The van der Waals surface area contributed by atoms with Gasteiger partial charge in [0.15, 0.2) is 0 Å². The van der Waals surface area contributed by atoms with Crippen molar-refractivity contribution in [2.75, 3.05) is 4.90 Å². The average Bonchev–Trinajstić information content (AvgIpc) is 3.08. The molecule has 9 rings (SSSR count). The standard InChI is InChI=1S/C44H31N/c1-28-13-20-34(21-14-28)45(35-22-15-29(2)16-23-35)41-26-19-31-9-5-10-38-39-12-6-11-37-36(24-25-40(43(37)39)44(41)42(31)38)33-18-17-30-7-3-4-8-32(30)27-33/h3-27H,1-2H3. The predicted molar refractivity (Wildman–Crippen MR) is 195 cm³/mol. The van der Waals surface area contributed by atoms with Crippen LogP contribution in [0.2, 0.25) is 0 Å². The number of aryl methyl sites for hydroxylation is 2. The van der Waals surface area contributed by atoms with Gasteiger partial charge in [0.1, 0.15) is 0 Å². The van der Waals surface area contributed by atoms with E-state index in [0.717, 1.165) is 11.4 Å². The molecule has 0 fully saturated rings. The molecule has 1 heteroatoms. The van der Waals surface area contributed by atoms with E-state index in [1.54, 1.807) is 0 Å². The second-order valence-corrected chi connectivity index (χ2v) is 12.3. The number of hydrogen-bond donors (Lipinski definition) is 0. The Labute approximate surface area is 262 Å². The van der Waals surface area contributed by atoms with Crippen LogP contribution in [0, 0.1) is 13.8 Å². The Morgan fingerprint density at radius 1 is 0.378 bits per heavy atom. The Kier molecular flexibility index (Phi) is 5.70. The molecule has 212 valence electrons. The number of hydrogen-bond acceptors (Lipinski definition) is 1. The molecule has 0 amide bonds. The number of nitrogens with zero attached hydrogens (tertiary/aromatic N) is 1. The lowest BCUT2D eigenvalue weighted by molar-refractivity contribution is 1.28. The molecule has 0 aliphatic rings. The minimum atomic E-state index is 1.15. The molecule has 0 aliphatic carbocycles. The van der Waals surface area contributed by atoms with Crippen molar-refractivity contribution in [3.05, 3.63) is 163 Å². The summed E-state index contributed by atoms with van der Waals surface area (Å²) in [7, 11) is 0. The van der Waals surface area contributed by atoms with Gasteiger partial charge in [-0.3, -0.25) is 0 Å². The summed E-state index contributed by atoms with van der Waals surface area (Å²) in [5.74, 6) is 0. The Bertz CT molecular complexity index is 2490. The van der Waals surface area contributed by atoms with Crippen LogP contribution in [0.5, 0.6) is 0 Å². The van der Waals surface area contributed by atoms with Crippen molar-refractivity contribution >= 4 is 70.9 Å². The fourth-order valence-electron chi connectivity index (χ4n) is 7.31. The van der Waals surface area contributed by atoms with Gasteiger partial charge in [-0.15, -0.1) is 0 Å². The zero-order chi connectivity index (χ0) is 30.1. The third-order valence-electron chi connectivity index (χ3n) is 9.51. The van der Waals surface area contributed by atoms with E-state index in [-0.39, 0.29) is 0 Å². The monoisotopic (exact) mass is 573 g/mol. The summed E-state index contributed by atoms with van der Waals surface area (Å²) in [5.41, 5.74) is 8.52. The molecule has 0 unspecified atom stereocenters. The molecule has 9 aromatic rings. The lowest BCUT2D eigenvalue weighted by Crippen LogP contribution is -2.11. The normalized spacial score (nSPS) is 11.8. The molecule has 0 heterocycles. The van der Waals surface area contributed by atoms with Gasteiger partial charge in [0, 0.05) is 16.8 Å². The van der Waals surface area contributed by atoms with Crippen LogP contribution in [0.3, 0.4) is 0 Å². The van der Waals surface area contributed by atoms with Crippen LogP contribution in [0.4, 0.5) is 17.1 Å². The van der Waals surface area contributed by atoms with Gasteiger partial charge in [-0.25, -0.2) is 0 Å². The average molecular weight is 574 g/mol. The summed E-state index contributed by atoms with van der Waals surface area (Å²) in [6.45, 7) is 4.30. The van der Waals surface area contributed by atoms with E-state index in [1.807, 2.05) is 0 Å². The predicted octanol–water partition coefficient (Wildman–Crippen LogP) is 12.6. The lowest BCUT2D eigenvalue weighted by atomic mass is 9.86. The molecular weight excluding hydrogens is 542 g/mol. The van der Waals surface area contributed by atoms with Crippen molar-refractivity contribution in [2.45, 2.75) is 13.8 Å². The van der Waals surface area contributed by atoms with Gasteiger partial charge in [0.05, 0.1) is 5.69 Å². The fraction of sp³-hybridized carbons (Fsp3) is 0.0455. The van der Waals surface area contributed by atoms with Crippen LogP contribution >= 0.6 is 0 Å². The van der Waals surface area contributed by atoms with Crippen LogP contribution in [0.1, 0.15) is 11.1 Å². The molecule has 0 aliphatic heterocycles. The lowest BCUT2D eigenvalue weighted by Gasteiger charge is -2.29. The van der Waals surface area contributed by atoms with Crippen molar-refractivity contribution in [1.82, 2.24) is 0 Å². The third kappa shape index (κ3) is 4.01. The molecule has 0 radical (unpaired) electrons. The molecule has 9 aromatic carbocycles. The number of anilines is 3. The van der Waals surface area contributed by atoms with Crippen LogP contribution in [-0.4, -0.2) is 0 Å². The summed E-state index contributed by atoms with van der Waals surface area (Å²) in [4.78, 5) is 2.43. The van der Waals surface area contributed by atoms with E-state index in [1.165, 1.54) is 81.8 Å². The van der Waals surface area contributed by atoms with E-state index in [4.69, 9.17) is 0 Å². The Hall–Kier alpha value is -5.66. The van der Waals surface area contributed by atoms with Gasteiger partial charge in [-0.05, 0) is 110 Å². The number of fused-ring (bicyclic) bond motifs is 3. The van der Waals surface area contributed by atoms with E-state index in [0.29, 0.717) is 0 Å². The molecule has 0 atom stereocenters. The van der Waals surface area contributed by atoms with Crippen LogP contribution in [-0.2, 0) is 0 Å².